The molecule has 0 radical (unpaired) electrons. The van der Waals surface area contributed by atoms with Gasteiger partial charge in [0.1, 0.15) is 24.4 Å². The first kappa shape index (κ1) is 20.6. The lowest BCUT2D eigenvalue weighted by Crippen LogP contribution is -2.41. The fraction of sp³-hybridized carbons (Fsp3) is 0.889. The normalized spacial score (nSPS) is 26.2. The van der Waals surface area contributed by atoms with Crippen LogP contribution in [0.25, 0.3) is 0 Å². The lowest BCUT2D eigenvalue weighted by Gasteiger charge is -2.20. The Kier molecular flexibility index (Phi) is 11.5. The molecular formula is C18H34O5. The lowest BCUT2D eigenvalue weighted by molar-refractivity contribution is -0.0730. The van der Waals surface area contributed by atoms with Gasteiger partial charge in [0.05, 0.1) is 13.2 Å². The van der Waals surface area contributed by atoms with Crippen LogP contribution in [0.2, 0.25) is 0 Å². The SMILES string of the molecule is CCCCC/C=C/CCCCCO[C@H]1CO[C@@H]([C@H](O)CO)[C@H]1O. The first-order chi connectivity index (χ1) is 11.2. The predicted octanol–water partition coefficient (Wildman–Crippen LogP) is 2.18. The molecular weight excluding hydrogens is 296 g/mol. The summed E-state index contributed by atoms with van der Waals surface area (Å²) in [6, 6.07) is 0. The Hall–Kier alpha value is -0.460. The average Bonchev–Trinajstić information content (AvgIpc) is 2.93. The summed E-state index contributed by atoms with van der Waals surface area (Å²) < 4.78 is 10.9. The van der Waals surface area contributed by atoms with Gasteiger partial charge in [-0.25, -0.2) is 0 Å². The van der Waals surface area contributed by atoms with E-state index in [1.165, 1.54) is 25.7 Å². The molecule has 1 aliphatic heterocycles. The molecule has 5 nitrogen and oxygen atoms in total. The van der Waals surface area contributed by atoms with E-state index in [-0.39, 0.29) is 6.61 Å². The van der Waals surface area contributed by atoms with Crippen LogP contribution in [0.1, 0.15) is 58.3 Å². The van der Waals surface area contributed by atoms with Crippen molar-refractivity contribution >= 4 is 0 Å². The zero-order valence-electron chi connectivity index (χ0n) is 14.4. The standard InChI is InChI=1S/C18H34O5/c1-2-3-4-5-6-7-8-9-10-11-12-22-16-14-23-18(17(16)21)15(20)13-19/h6-7,15-21H,2-5,8-14H2,1H3/b7-6+/t15-,16+,17+,18+/m1/s1. The van der Waals surface area contributed by atoms with Gasteiger partial charge in [-0.3, -0.25) is 0 Å². The van der Waals surface area contributed by atoms with Crippen LogP contribution in [0, 0.1) is 0 Å². The summed E-state index contributed by atoms with van der Waals surface area (Å²) in [4.78, 5) is 0. The molecule has 0 aliphatic carbocycles. The van der Waals surface area contributed by atoms with Crippen LogP contribution < -0.4 is 0 Å². The number of hydrogen-bond acceptors (Lipinski definition) is 5. The summed E-state index contributed by atoms with van der Waals surface area (Å²) >= 11 is 0. The number of allylic oxidation sites excluding steroid dienone is 2. The minimum atomic E-state index is -1.05. The third kappa shape index (κ3) is 8.27. The van der Waals surface area contributed by atoms with Gasteiger partial charge in [0.15, 0.2) is 0 Å². The maximum Gasteiger partial charge on any atom is 0.114 e. The molecule has 0 amide bonds. The average molecular weight is 330 g/mol. The van der Waals surface area contributed by atoms with Crippen LogP contribution in [0.4, 0.5) is 0 Å². The molecule has 1 saturated heterocycles. The molecule has 4 atom stereocenters. The van der Waals surface area contributed by atoms with E-state index in [2.05, 4.69) is 19.1 Å². The lowest BCUT2D eigenvalue weighted by atomic mass is 10.1. The quantitative estimate of drug-likeness (QED) is 0.356. The molecule has 0 aromatic rings. The minimum Gasteiger partial charge on any atom is -0.394 e. The summed E-state index contributed by atoms with van der Waals surface area (Å²) in [7, 11) is 0. The van der Waals surface area contributed by atoms with E-state index in [4.69, 9.17) is 14.6 Å². The molecule has 1 heterocycles. The maximum atomic E-state index is 9.98. The molecule has 0 saturated carbocycles. The van der Waals surface area contributed by atoms with Crippen molar-refractivity contribution in [2.24, 2.45) is 0 Å². The second-order valence-electron chi connectivity index (χ2n) is 6.26. The zero-order chi connectivity index (χ0) is 16.9. The summed E-state index contributed by atoms with van der Waals surface area (Å²) in [5.41, 5.74) is 0. The van der Waals surface area contributed by atoms with E-state index >= 15 is 0 Å². The summed E-state index contributed by atoms with van der Waals surface area (Å²) in [5, 5.41) is 28.4. The van der Waals surface area contributed by atoms with Gasteiger partial charge in [-0.15, -0.1) is 0 Å². The summed E-state index contributed by atoms with van der Waals surface area (Å²) in [5.74, 6) is 0. The molecule has 136 valence electrons. The zero-order valence-corrected chi connectivity index (χ0v) is 14.4. The second kappa shape index (κ2) is 12.9. The van der Waals surface area contributed by atoms with Crippen molar-refractivity contribution in [1.82, 2.24) is 0 Å². The number of hydrogen-bond donors (Lipinski definition) is 3. The second-order valence-corrected chi connectivity index (χ2v) is 6.26. The van der Waals surface area contributed by atoms with Gasteiger partial charge >= 0.3 is 0 Å². The largest absolute Gasteiger partial charge is 0.394 e. The number of unbranched alkanes of at least 4 members (excludes halogenated alkanes) is 6. The fourth-order valence-corrected chi connectivity index (χ4v) is 2.73. The molecule has 1 rings (SSSR count). The molecule has 0 aromatic heterocycles. The minimum absolute atomic E-state index is 0.267. The van der Waals surface area contributed by atoms with E-state index in [0.717, 1.165) is 25.7 Å². The van der Waals surface area contributed by atoms with Crippen LogP contribution in [0.5, 0.6) is 0 Å². The molecule has 0 spiro atoms. The predicted molar refractivity (Wildman–Crippen MR) is 90.3 cm³/mol. The van der Waals surface area contributed by atoms with Crippen LogP contribution in [0.3, 0.4) is 0 Å². The topological polar surface area (TPSA) is 79.2 Å². The Morgan fingerprint density at radius 2 is 1.83 bits per heavy atom. The van der Waals surface area contributed by atoms with Crippen molar-refractivity contribution < 1.29 is 24.8 Å². The first-order valence-corrected chi connectivity index (χ1v) is 9.05. The highest BCUT2D eigenvalue weighted by Gasteiger charge is 2.40. The molecule has 0 unspecified atom stereocenters. The van der Waals surface area contributed by atoms with Gasteiger partial charge in [-0.2, -0.15) is 0 Å². The maximum absolute atomic E-state index is 9.98. The van der Waals surface area contributed by atoms with Crippen molar-refractivity contribution in [3.63, 3.8) is 0 Å². The Balaban J connectivity index is 1.97. The molecule has 23 heavy (non-hydrogen) atoms. The van der Waals surface area contributed by atoms with E-state index in [1.54, 1.807) is 0 Å². The highest BCUT2D eigenvalue weighted by molar-refractivity contribution is 4.88. The van der Waals surface area contributed by atoms with Gasteiger partial charge in [-0.05, 0) is 32.1 Å². The van der Waals surface area contributed by atoms with Crippen molar-refractivity contribution in [3.05, 3.63) is 12.2 Å². The van der Waals surface area contributed by atoms with Gasteiger partial charge in [-0.1, -0.05) is 38.3 Å². The molecule has 1 fully saturated rings. The van der Waals surface area contributed by atoms with E-state index < -0.39 is 31.0 Å². The first-order valence-electron chi connectivity index (χ1n) is 9.05. The Labute approximate surface area is 140 Å². The summed E-state index contributed by atoms with van der Waals surface area (Å²) in [6.07, 6.45) is 10.9. The van der Waals surface area contributed by atoms with Gasteiger partial charge in [0, 0.05) is 6.61 Å². The molecule has 5 heteroatoms. The Morgan fingerprint density at radius 1 is 1.13 bits per heavy atom. The van der Waals surface area contributed by atoms with E-state index in [1.807, 2.05) is 0 Å². The molecule has 3 N–H and O–H groups in total. The van der Waals surface area contributed by atoms with Crippen LogP contribution in [-0.2, 0) is 9.47 Å². The van der Waals surface area contributed by atoms with Gasteiger partial charge < -0.3 is 24.8 Å². The number of ether oxygens (including phenoxy) is 2. The van der Waals surface area contributed by atoms with Crippen molar-refractivity contribution in [2.45, 2.75) is 82.7 Å². The smallest absolute Gasteiger partial charge is 0.114 e. The number of aliphatic hydroxyl groups is 3. The highest BCUT2D eigenvalue weighted by atomic mass is 16.6. The molecule has 1 aliphatic rings. The van der Waals surface area contributed by atoms with Crippen molar-refractivity contribution in [3.8, 4) is 0 Å². The monoisotopic (exact) mass is 330 g/mol. The van der Waals surface area contributed by atoms with E-state index in [9.17, 15) is 10.2 Å². The van der Waals surface area contributed by atoms with Gasteiger partial charge in [0.25, 0.3) is 0 Å². The van der Waals surface area contributed by atoms with Gasteiger partial charge in [0.2, 0.25) is 0 Å². The third-order valence-electron chi connectivity index (χ3n) is 4.22. The molecule has 0 aromatic carbocycles. The fourth-order valence-electron chi connectivity index (χ4n) is 2.73. The third-order valence-corrected chi connectivity index (χ3v) is 4.22. The van der Waals surface area contributed by atoms with Crippen molar-refractivity contribution in [1.29, 1.82) is 0 Å². The summed E-state index contributed by atoms with van der Waals surface area (Å²) in [6.45, 7) is 2.66. The van der Waals surface area contributed by atoms with E-state index in [0.29, 0.717) is 6.61 Å². The number of aliphatic hydroxyl groups excluding tert-OH is 3. The highest BCUT2D eigenvalue weighted by Crippen LogP contribution is 2.20. The Bertz CT molecular complexity index is 308. The van der Waals surface area contributed by atoms with Crippen LogP contribution >= 0.6 is 0 Å². The van der Waals surface area contributed by atoms with Crippen molar-refractivity contribution in [2.75, 3.05) is 19.8 Å². The molecule has 0 bridgehead atoms. The number of rotatable bonds is 13. The Morgan fingerprint density at radius 3 is 2.48 bits per heavy atom. The van der Waals surface area contributed by atoms with Crippen LogP contribution in [0.15, 0.2) is 12.2 Å². The van der Waals surface area contributed by atoms with Crippen LogP contribution in [-0.4, -0.2) is 59.6 Å².